The van der Waals surface area contributed by atoms with E-state index in [0.29, 0.717) is 12.5 Å². The van der Waals surface area contributed by atoms with Crippen molar-refractivity contribution in [2.45, 2.75) is 32.3 Å². The number of aliphatic hydroxyl groups excluding tert-OH is 1. The Hall–Kier alpha value is -1.20. The van der Waals surface area contributed by atoms with Gasteiger partial charge in [0.2, 0.25) is 0 Å². The molecular formula is C14H19N3OS. The van der Waals surface area contributed by atoms with E-state index in [4.69, 9.17) is 0 Å². The number of rotatable bonds is 5. The summed E-state index contributed by atoms with van der Waals surface area (Å²) < 4.78 is 0. The normalized spacial score (nSPS) is 16.8. The lowest BCUT2D eigenvalue weighted by Gasteiger charge is -2.22. The molecule has 102 valence electrons. The Morgan fingerprint density at radius 1 is 1.47 bits per heavy atom. The van der Waals surface area contributed by atoms with E-state index in [1.807, 2.05) is 12.4 Å². The molecule has 2 aromatic heterocycles. The van der Waals surface area contributed by atoms with Crippen molar-refractivity contribution in [3.63, 3.8) is 0 Å². The first kappa shape index (κ1) is 12.8. The van der Waals surface area contributed by atoms with E-state index in [-0.39, 0.29) is 6.10 Å². The van der Waals surface area contributed by atoms with Gasteiger partial charge in [0.05, 0.1) is 11.5 Å². The van der Waals surface area contributed by atoms with Gasteiger partial charge in [-0.1, -0.05) is 6.92 Å². The van der Waals surface area contributed by atoms with Crippen molar-refractivity contribution < 1.29 is 5.11 Å². The third-order valence-corrected chi connectivity index (χ3v) is 4.46. The molecule has 0 saturated heterocycles. The van der Waals surface area contributed by atoms with E-state index in [1.54, 1.807) is 11.3 Å². The summed E-state index contributed by atoms with van der Waals surface area (Å²) in [5.41, 5.74) is 0. The van der Waals surface area contributed by atoms with Crippen LogP contribution in [0.5, 0.6) is 0 Å². The minimum absolute atomic E-state index is 0.237. The van der Waals surface area contributed by atoms with Crippen molar-refractivity contribution in [2.24, 2.45) is 5.92 Å². The molecule has 1 aliphatic carbocycles. The average molecular weight is 277 g/mol. The maximum Gasteiger partial charge on any atom is 0.140 e. The molecule has 4 nitrogen and oxygen atoms in total. The lowest BCUT2D eigenvalue weighted by Crippen LogP contribution is -2.31. The second kappa shape index (κ2) is 5.06. The number of aryl methyl sites for hydroxylation is 1. The number of aliphatic hydroxyl groups is 1. The Morgan fingerprint density at radius 3 is 2.95 bits per heavy atom. The molecule has 1 saturated carbocycles. The highest BCUT2D eigenvalue weighted by molar-refractivity contribution is 7.16. The van der Waals surface area contributed by atoms with Crippen LogP contribution < -0.4 is 4.90 Å². The number of hydrogen-bond donors (Lipinski definition) is 1. The molecule has 1 N–H and O–H groups in total. The lowest BCUT2D eigenvalue weighted by atomic mass is 10.2. The third kappa shape index (κ3) is 2.58. The number of aromatic nitrogens is 2. The molecule has 2 aromatic rings. The van der Waals surface area contributed by atoms with Gasteiger partial charge in [-0.25, -0.2) is 9.97 Å². The van der Waals surface area contributed by atoms with E-state index in [2.05, 4.69) is 27.9 Å². The number of anilines is 1. The summed E-state index contributed by atoms with van der Waals surface area (Å²) in [7, 11) is 2.00. The molecule has 0 spiro atoms. The fraction of sp³-hybridized carbons (Fsp3) is 0.571. The van der Waals surface area contributed by atoms with Gasteiger partial charge in [-0.2, -0.15) is 0 Å². The smallest absolute Gasteiger partial charge is 0.140 e. The Kier molecular flexibility index (Phi) is 3.41. The molecule has 2 heterocycles. The molecule has 1 atom stereocenters. The van der Waals surface area contributed by atoms with Crippen molar-refractivity contribution in [3.05, 3.63) is 17.3 Å². The quantitative estimate of drug-likeness (QED) is 0.912. The molecule has 0 radical (unpaired) electrons. The molecule has 1 aliphatic rings. The number of fused-ring (bicyclic) bond motifs is 1. The summed E-state index contributed by atoms with van der Waals surface area (Å²) in [5, 5.41) is 13.2. The topological polar surface area (TPSA) is 49.2 Å². The van der Waals surface area contributed by atoms with Crippen LogP contribution in [0.1, 0.15) is 25.6 Å². The van der Waals surface area contributed by atoms with Gasteiger partial charge in [0, 0.05) is 20.0 Å². The molecule has 1 fully saturated rings. The van der Waals surface area contributed by atoms with E-state index in [9.17, 15) is 5.11 Å². The number of likely N-dealkylation sites (N-methyl/N-ethyl adjacent to an activating group) is 1. The van der Waals surface area contributed by atoms with E-state index < -0.39 is 0 Å². The predicted molar refractivity (Wildman–Crippen MR) is 78.8 cm³/mol. The van der Waals surface area contributed by atoms with Gasteiger partial charge in [0.15, 0.2) is 0 Å². The van der Waals surface area contributed by atoms with Gasteiger partial charge >= 0.3 is 0 Å². The minimum atomic E-state index is -0.237. The van der Waals surface area contributed by atoms with Crippen LogP contribution >= 0.6 is 11.3 Å². The maximum absolute atomic E-state index is 10.1. The molecule has 1 unspecified atom stereocenters. The predicted octanol–water partition coefficient (Wildman–Crippen LogP) is 2.46. The van der Waals surface area contributed by atoms with Crippen LogP contribution in [0.25, 0.3) is 10.2 Å². The van der Waals surface area contributed by atoms with Crippen molar-refractivity contribution in [2.75, 3.05) is 18.5 Å². The fourth-order valence-corrected chi connectivity index (χ4v) is 3.11. The SMILES string of the molecule is CCc1nc(N(C)CC(O)C2CC2)c2ccsc2n1. The first-order chi connectivity index (χ1) is 9.19. The third-order valence-electron chi connectivity index (χ3n) is 3.66. The van der Waals surface area contributed by atoms with Crippen LogP contribution in [0.2, 0.25) is 0 Å². The molecule has 0 bridgehead atoms. The standard InChI is InChI=1S/C14H19N3OS/c1-3-12-15-13(10-6-7-19-14(10)16-12)17(2)8-11(18)9-4-5-9/h6-7,9,11,18H,3-5,8H2,1-2H3. The van der Waals surface area contributed by atoms with Gasteiger partial charge in [-0.15, -0.1) is 11.3 Å². The van der Waals surface area contributed by atoms with Crippen molar-refractivity contribution in [1.82, 2.24) is 9.97 Å². The number of thiophene rings is 1. The molecule has 0 amide bonds. The zero-order chi connectivity index (χ0) is 13.4. The van der Waals surface area contributed by atoms with Gasteiger partial charge in [-0.3, -0.25) is 0 Å². The highest BCUT2D eigenvalue weighted by Gasteiger charge is 2.30. The van der Waals surface area contributed by atoms with Crippen LogP contribution in [-0.2, 0) is 6.42 Å². The number of hydrogen-bond acceptors (Lipinski definition) is 5. The lowest BCUT2D eigenvalue weighted by molar-refractivity contribution is 0.158. The molecule has 0 aliphatic heterocycles. The average Bonchev–Trinajstić information content (AvgIpc) is 3.15. The van der Waals surface area contributed by atoms with Crippen LogP contribution in [0.15, 0.2) is 11.4 Å². The summed E-state index contributed by atoms with van der Waals surface area (Å²) in [5.74, 6) is 2.31. The highest BCUT2D eigenvalue weighted by Crippen LogP contribution is 2.34. The molecule has 5 heteroatoms. The van der Waals surface area contributed by atoms with Gasteiger partial charge in [0.25, 0.3) is 0 Å². The summed E-state index contributed by atoms with van der Waals surface area (Å²) >= 11 is 1.65. The Morgan fingerprint density at radius 2 is 2.26 bits per heavy atom. The highest BCUT2D eigenvalue weighted by atomic mass is 32.1. The fourth-order valence-electron chi connectivity index (χ4n) is 2.33. The Balaban J connectivity index is 1.90. The second-order valence-corrected chi connectivity index (χ2v) is 6.14. The molecule has 3 rings (SSSR count). The Labute approximate surface area is 117 Å². The summed E-state index contributed by atoms with van der Waals surface area (Å²) in [4.78, 5) is 12.3. The van der Waals surface area contributed by atoms with Crippen LogP contribution in [0, 0.1) is 5.92 Å². The van der Waals surface area contributed by atoms with Crippen LogP contribution in [0.3, 0.4) is 0 Å². The Bertz CT molecular complexity index is 579. The van der Waals surface area contributed by atoms with E-state index >= 15 is 0 Å². The number of nitrogens with zero attached hydrogens (tertiary/aromatic N) is 3. The monoisotopic (exact) mass is 277 g/mol. The van der Waals surface area contributed by atoms with E-state index in [0.717, 1.165) is 41.1 Å². The van der Waals surface area contributed by atoms with Crippen molar-refractivity contribution in [1.29, 1.82) is 0 Å². The first-order valence-electron chi connectivity index (χ1n) is 6.82. The van der Waals surface area contributed by atoms with Crippen LogP contribution in [-0.4, -0.2) is 34.8 Å². The largest absolute Gasteiger partial charge is 0.391 e. The van der Waals surface area contributed by atoms with E-state index in [1.165, 1.54) is 0 Å². The first-order valence-corrected chi connectivity index (χ1v) is 7.70. The maximum atomic E-state index is 10.1. The van der Waals surface area contributed by atoms with Gasteiger partial charge < -0.3 is 10.0 Å². The van der Waals surface area contributed by atoms with Crippen LogP contribution in [0.4, 0.5) is 5.82 Å². The molecule has 19 heavy (non-hydrogen) atoms. The zero-order valence-electron chi connectivity index (χ0n) is 11.3. The van der Waals surface area contributed by atoms with Gasteiger partial charge in [0.1, 0.15) is 16.5 Å². The van der Waals surface area contributed by atoms with Gasteiger partial charge in [-0.05, 0) is 30.2 Å². The minimum Gasteiger partial charge on any atom is -0.391 e. The summed E-state index contributed by atoms with van der Waals surface area (Å²) in [6.07, 6.45) is 2.92. The van der Waals surface area contributed by atoms with Crippen molar-refractivity contribution in [3.8, 4) is 0 Å². The molecule has 0 aromatic carbocycles. The second-order valence-electron chi connectivity index (χ2n) is 5.24. The van der Waals surface area contributed by atoms with Crippen molar-refractivity contribution >= 4 is 27.4 Å². The summed E-state index contributed by atoms with van der Waals surface area (Å²) in [6, 6.07) is 2.06. The molecular weight excluding hydrogens is 258 g/mol. The summed E-state index contributed by atoms with van der Waals surface area (Å²) in [6.45, 7) is 2.72. The zero-order valence-corrected chi connectivity index (χ0v) is 12.2.